The predicted molar refractivity (Wildman–Crippen MR) is 75.7 cm³/mol. The summed E-state index contributed by atoms with van der Waals surface area (Å²) >= 11 is 5.78. The highest BCUT2D eigenvalue weighted by atomic mass is 35.5. The smallest absolute Gasteiger partial charge is 0.335 e. The number of aromatic carboxylic acids is 1. The molecule has 0 aliphatic heterocycles. The third-order valence-electron chi connectivity index (χ3n) is 2.69. The average molecular weight is 311 g/mol. The Hall–Kier alpha value is -1.85. The SMILES string of the molecule is O=C(O)c1cccc(CS(=O)(=O)c2cccc(Cl)c2)c1. The van der Waals surface area contributed by atoms with Gasteiger partial charge >= 0.3 is 5.97 Å². The molecule has 0 aromatic heterocycles. The summed E-state index contributed by atoms with van der Waals surface area (Å²) in [7, 11) is -3.56. The van der Waals surface area contributed by atoms with Gasteiger partial charge in [-0.2, -0.15) is 0 Å². The van der Waals surface area contributed by atoms with Gasteiger partial charge in [0.25, 0.3) is 0 Å². The number of rotatable bonds is 4. The quantitative estimate of drug-likeness (QED) is 0.942. The zero-order chi connectivity index (χ0) is 14.8. The fourth-order valence-corrected chi connectivity index (χ4v) is 3.39. The lowest BCUT2D eigenvalue weighted by atomic mass is 10.1. The first kappa shape index (κ1) is 14.6. The summed E-state index contributed by atoms with van der Waals surface area (Å²) in [5, 5.41) is 9.23. The number of hydrogen-bond acceptors (Lipinski definition) is 3. The number of carboxylic acids is 1. The summed E-state index contributed by atoms with van der Waals surface area (Å²) in [5.74, 6) is -1.36. The van der Waals surface area contributed by atoms with Gasteiger partial charge in [0.2, 0.25) is 0 Å². The number of sulfone groups is 1. The molecule has 0 saturated heterocycles. The van der Waals surface area contributed by atoms with Crippen molar-refractivity contribution in [3.63, 3.8) is 0 Å². The lowest BCUT2D eigenvalue weighted by Crippen LogP contribution is -2.06. The maximum absolute atomic E-state index is 12.2. The molecule has 0 saturated carbocycles. The molecule has 1 N–H and O–H groups in total. The van der Waals surface area contributed by atoms with Gasteiger partial charge in [-0.1, -0.05) is 29.8 Å². The number of halogens is 1. The second-order valence-corrected chi connectivity index (χ2v) is 6.65. The van der Waals surface area contributed by atoms with Crippen molar-refractivity contribution in [1.82, 2.24) is 0 Å². The zero-order valence-electron chi connectivity index (χ0n) is 10.3. The molecule has 2 rings (SSSR count). The topological polar surface area (TPSA) is 71.4 Å². The van der Waals surface area contributed by atoms with Crippen LogP contribution in [0.25, 0.3) is 0 Å². The van der Waals surface area contributed by atoms with Gasteiger partial charge in [-0.25, -0.2) is 13.2 Å². The van der Waals surface area contributed by atoms with Crippen molar-refractivity contribution in [2.45, 2.75) is 10.6 Å². The minimum atomic E-state index is -3.56. The van der Waals surface area contributed by atoms with E-state index in [9.17, 15) is 13.2 Å². The molecule has 2 aromatic carbocycles. The maximum Gasteiger partial charge on any atom is 0.335 e. The molecule has 0 atom stereocenters. The van der Waals surface area contributed by atoms with Crippen molar-refractivity contribution >= 4 is 27.4 Å². The monoisotopic (exact) mass is 310 g/mol. The maximum atomic E-state index is 12.2. The minimum absolute atomic E-state index is 0.0591. The number of carbonyl (C=O) groups is 1. The fraction of sp³-hybridized carbons (Fsp3) is 0.0714. The van der Waals surface area contributed by atoms with E-state index in [2.05, 4.69) is 0 Å². The highest BCUT2D eigenvalue weighted by Gasteiger charge is 2.16. The van der Waals surface area contributed by atoms with E-state index in [1.54, 1.807) is 18.2 Å². The Morgan fingerprint density at radius 2 is 1.80 bits per heavy atom. The lowest BCUT2D eigenvalue weighted by Gasteiger charge is -2.06. The Morgan fingerprint density at radius 1 is 1.10 bits per heavy atom. The van der Waals surface area contributed by atoms with Gasteiger partial charge in [0.1, 0.15) is 0 Å². The predicted octanol–water partition coefficient (Wildman–Crippen LogP) is 3.01. The van der Waals surface area contributed by atoms with Crippen LogP contribution in [0.2, 0.25) is 5.02 Å². The van der Waals surface area contributed by atoms with Crippen LogP contribution in [0.15, 0.2) is 53.4 Å². The molecule has 0 aliphatic carbocycles. The van der Waals surface area contributed by atoms with E-state index in [-0.39, 0.29) is 16.2 Å². The van der Waals surface area contributed by atoms with Gasteiger partial charge in [0.05, 0.1) is 16.2 Å². The summed E-state index contributed by atoms with van der Waals surface area (Å²) < 4.78 is 24.5. The van der Waals surface area contributed by atoms with Gasteiger partial charge in [0.15, 0.2) is 9.84 Å². The van der Waals surface area contributed by atoms with Crippen LogP contribution in [0.4, 0.5) is 0 Å². The van der Waals surface area contributed by atoms with Crippen LogP contribution in [-0.4, -0.2) is 19.5 Å². The Balaban J connectivity index is 2.33. The molecule has 0 aliphatic rings. The van der Waals surface area contributed by atoms with E-state index in [0.717, 1.165) is 0 Å². The van der Waals surface area contributed by atoms with Crippen LogP contribution in [0.5, 0.6) is 0 Å². The summed E-state index contributed by atoms with van der Waals surface area (Å²) in [6, 6.07) is 11.8. The second kappa shape index (κ2) is 5.64. The number of carboxylic acid groups (broad SMARTS) is 1. The molecule has 0 fully saturated rings. The molecule has 20 heavy (non-hydrogen) atoms. The molecule has 0 heterocycles. The largest absolute Gasteiger partial charge is 0.478 e. The van der Waals surface area contributed by atoms with Gasteiger partial charge in [-0.15, -0.1) is 0 Å². The minimum Gasteiger partial charge on any atom is -0.478 e. The third-order valence-corrected chi connectivity index (χ3v) is 4.61. The third kappa shape index (κ3) is 3.37. The van der Waals surface area contributed by atoms with Crippen LogP contribution in [0.3, 0.4) is 0 Å². The van der Waals surface area contributed by atoms with Crippen molar-refractivity contribution in [2.75, 3.05) is 0 Å². The van der Waals surface area contributed by atoms with Gasteiger partial charge in [-0.3, -0.25) is 0 Å². The first-order valence-corrected chi connectivity index (χ1v) is 7.72. The van der Waals surface area contributed by atoms with E-state index in [4.69, 9.17) is 16.7 Å². The Labute approximate surface area is 121 Å². The van der Waals surface area contributed by atoms with E-state index in [0.29, 0.717) is 10.6 Å². The van der Waals surface area contributed by atoms with Crippen LogP contribution >= 0.6 is 11.6 Å². The van der Waals surface area contributed by atoms with Crippen molar-refractivity contribution in [1.29, 1.82) is 0 Å². The molecule has 0 unspecified atom stereocenters. The van der Waals surface area contributed by atoms with Crippen LogP contribution in [0.1, 0.15) is 15.9 Å². The van der Waals surface area contributed by atoms with Crippen molar-refractivity contribution in [2.24, 2.45) is 0 Å². The van der Waals surface area contributed by atoms with Crippen LogP contribution < -0.4 is 0 Å². The molecule has 4 nitrogen and oxygen atoms in total. The number of hydrogen-bond donors (Lipinski definition) is 1. The van der Waals surface area contributed by atoms with E-state index in [1.165, 1.54) is 30.3 Å². The first-order chi connectivity index (χ1) is 9.38. The highest BCUT2D eigenvalue weighted by Crippen LogP contribution is 2.20. The Morgan fingerprint density at radius 3 is 2.45 bits per heavy atom. The average Bonchev–Trinajstić information content (AvgIpc) is 2.38. The second-order valence-electron chi connectivity index (χ2n) is 4.22. The van der Waals surface area contributed by atoms with Crippen molar-refractivity contribution in [3.8, 4) is 0 Å². The first-order valence-electron chi connectivity index (χ1n) is 5.69. The molecule has 0 amide bonds. The summed E-state index contributed by atoms with van der Waals surface area (Å²) in [6.07, 6.45) is 0. The lowest BCUT2D eigenvalue weighted by molar-refractivity contribution is 0.0696. The van der Waals surface area contributed by atoms with Crippen LogP contribution in [0, 0.1) is 0 Å². The molecule has 0 bridgehead atoms. The van der Waals surface area contributed by atoms with Gasteiger partial charge in [0, 0.05) is 5.02 Å². The summed E-state index contributed by atoms with van der Waals surface area (Å²) in [6.45, 7) is 0. The zero-order valence-corrected chi connectivity index (χ0v) is 11.9. The molecular weight excluding hydrogens is 300 g/mol. The summed E-state index contributed by atoms with van der Waals surface area (Å²) in [5.41, 5.74) is 0.480. The summed E-state index contributed by atoms with van der Waals surface area (Å²) in [4.78, 5) is 11.0. The van der Waals surface area contributed by atoms with Crippen molar-refractivity contribution < 1.29 is 18.3 Å². The normalized spacial score (nSPS) is 11.2. The van der Waals surface area contributed by atoms with E-state index >= 15 is 0 Å². The molecule has 104 valence electrons. The highest BCUT2D eigenvalue weighted by molar-refractivity contribution is 7.90. The Kier molecular flexibility index (Phi) is 4.11. The van der Waals surface area contributed by atoms with E-state index in [1.807, 2.05) is 0 Å². The standard InChI is InChI=1S/C14H11ClO4S/c15-12-5-2-6-13(8-12)20(18,19)9-10-3-1-4-11(7-10)14(16)17/h1-8H,9H2,(H,16,17). The number of benzene rings is 2. The molecule has 0 spiro atoms. The molecular formula is C14H11ClO4S. The van der Waals surface area contributed by atoms with Crippen molar-refractivity contribution in [3.05, 3.63) is 64.7 Å². The molecule has 0 radical (unpaired) electrons. The van der Waals surface area contributed by atoms with Gasteiger partial charge < -0.3 is 5.11 Å². The fourth-order valence-electron chi connectivity index (χ4n) is 1.76. The van der Waals surface area contributed by atoms with Gasteiger partial charge in [-0.05, 0) is 35.9 Å². The molecule has 6 heteroatoms. The van der Waals surface area contributed by atoms with Crippen LogP contribution in [-0.2, 0) is 15.6 Å². The molecule has 2 aromatic rings. The van der Waals surface area contributed by atoms with E-state index < -0.39 is 15.8 Å². The Bertz CT molecular complexity index is 753.